The second-order valence-corrected chi connectivity index (χ2v) is 3.04. The molecule has 0 radical (unpaired) electrons. The van der Waals surface area contributed by atoms with Crippen molar-refractivity contribution in [1.29, 1.82) is 0 Å². The number of hydrogen-bond donors (Lipinski definition) is 3. The van der Waals surface area contributed by atoms with E-state index in [2.05, 4.69) is 10.3 Å². The maximum absolute atomic E-state index is 10.3. The van der Waals surface area contributed by atoms with Gasteiger partial charge in [0.05, 0.1) is 6.42 Å². The van der Waals surface area contributed by atoms with Crippen LogP contribution in [0.2, 0.25) is 0 Å². The van der Waals surface area contributed by atoms with Crippen LogP contribution in [-0.2, 0) is 9.63 Å². The average Bonchev–Trinajstić information content (AvgIpc) is 2.31. The summed E-state index contributed by atoms with van der Waals surface area (Å²) in [6.45, 7) is 0. The quantitative estimate of drug-likeness (QED) is 0.678. The minimum atomic E-state index is -1.11. The molecular weight excluding hydrogens is 226 g/mol. The van der Waals surface area contributed by atoms with Crippen molar-refractivity contribution in [2.45, 2.75) is 6.42 Å². The Morgan fingerprint density at radius 1 is 1.35 bits per heavy atom. The Labute approximate surface area is 97.1 Å². The Kier molecular flexibility index (Phi) is 4.56. The van der Waals surface area contributed by atoms with Crippen LogP contribution >= 0.6 is 0 Å². The van der Waals surface area contributed by atoms with Crippen molar-refractivity contribution < 1.29 is 24.6 Å². The second-order valence-electron chi connectivity index (χ2n) is 3.04. The number of carbonyl (C=O) groups is 2. The van der Waals surface area contributed by atoms with E-state index in [0.29, 0.717) is 6.42 Å². The standard InChI is InChI=1S/C7H6O3.C4H5NO2/c8-6-4-2-1-3-5(6)7(9)10;6-4-2-1-3-7-5-4/h1-4,8H,(H,9,10);1,3H,2H2,(H,5,6). The lowest BCUT2D eigenvalue weighted by Gasteiger charge is -2.03. The summed E-state index contributed by atoms with van der Waals surface area (Å²) in [4.78, 5) is 24.8. The molecule has 1 aromatic carbocycles. The summed E-state index contributed by atoms with van der Waals surface area (Å²) in [6, 6.07) is 5.81. The number of carboxylic acids is 1. The summed E-state index contributed by atoms with van der Waals surface area (Å²) in [6.07, 6.45) is 3.53. The molecule has 17 heavy (non-hydrogen) atoms. The number of rotatable bonds is 1. The van der Waals surface area contributed by atoms with Crippen molar-refractivity contribution in [3.05, 3.63) is 42.2 Å². The first kappa shape index (κ1) is 12.6. The fourth-order valence-electron chi connectivity index (χ4n) is 0.999. The molecule has 1 aromatic rings. The molecule has 0 aliphatic carbocycles. The third-order valence-electron chi connectivity index (χ3n) is 1.77. The van der Waals surface area contributed by atoms with Gasteiger partial charge in [0.2, 0.25) is 0 Å². The molecule has 0 saturated carbocycles. The van der Waals surface area contributed by atoms with E-state index in [0.717, 1.165) is 0 Å². The normalized spacial score (nSPS) is 12.8. The minimum Gasteiger partial charge on any atom is -0.507 e. The van der Waals surface area contributed by atoms with E-state index in [9.17, 15) is 9.59 Å². The molecule has 1 heterocycles. The predicted molar refractivity (Wildman–Crippen MR) is 58.1 cm³/mol. The van der Waals surface area contributed by atoms with E-state index >= 15 is 0 Å². The summed E-state index contributed by atoms with van der Waals surface area (Å²) in [7, 11) is 0. The number of benzene rings is 1. The SMILES string of the molecule is O=C(O)c1ccccc1O.O=C1CC=CON1. The number of amides is 1. The van der Waals surface area contributed by atoms with Crippen LogP contribution in [0.5, 0.6) is 5.75 Å². The lowest BCUT2D eigenvalue weighted by Crippen LogP contribution is -2.22. The van der Waals surface area contributed by atoms with E-state index in [-0.39, 0.29) is 17.2 Å². The van der Waals surface area contributed by atoms with E-state index < -0.39 is 5.97 Å². The Morgan fingerprint density at radius 3 is 2.41 bits per heavy atom. The van der Waals surface area contributed by atoms with Gasteiger partial charge in [-0.3, -0.25) is 4.79 Å². The number of carboxylic acid groups (broad SMARTS) is 1. The van der Waals surface area contributed by atoms with E-state index in [4.69, 9.17) is 10.2 Å². The van der Waals surface area contributed by atoms with Gasteiger partial charge in [-0.25, -0.2) is 4.79 Å². The van der Waals surface area contributed by atoms with E-state index in [1.54, 1.807) is 18.2 Å². The van der Waals surface area contributed by atoms with Gasteiger partial charge in [0.1, 0.15) is 17.6 Å². The molecule has 0 bridgehead atoms. The molecule has 0 atom stereocenters. The smallest absolute Gasteiger partial charge is 0.339 e. The van der Waals surface area contributed by atoms with Crippen molar-refractivity contribution in [2.24, 2.45) is 0 Å². The average molecular weight is 237 g/mol. The Bertz CT molecular complexity index is 441. The molecule has 6 heteroatoms. The van der Waals surface area contributed by atoms with Gasteiger partial charge in [-0.2, -0.15) is 5.48 Å². The maximum Gasteiger partial charge on any atom is 0.339 e. The van der Waals surface area contributed by atoms with Crippen molar-refractivity contribution in [3.8, 4) is 5.75 Å². The molecule has 6 nitrogen and oxygen atoms in total. The largest absolute Gasteiger partial charge is 0.507 e. The first-order valence-electron chi connectivity index (χ1n) is 4.72. The van der Waals surface area contributed by atoms with Gasteiger partial charge in [0.25, 0.3) is 5.91 Å². The molecule has 0 fully saturated rings. The number of carbonyl (C=O) groups excluding carboxylic acids is 1. The number of aromatic carboxylic acids is 1. The molecule has 1 aliphatic heterocycles. The fourth-order valence-corrected chi connectivity index (χ4v) is 0.999. The number of nitrogens with one attached hydrogen (secondary N) is 1. The number of hydrogen-bond acceptors (Lipinski definition) is 4. The zero-order valence-electron chi connectivity index (χ0n) is 8.79. The predicted octanol–water partition coefficient (Wildman–Crippen LogP) is 1.04. The second kappa shape index (κ2) is 6.16. The van der Waals surface area contributed by atoms with Gasteiger partial charge in [0.15, 0.2) is 0 Å². The molecule has 0 unspecified atom stereocenters. The summed E-state index contributed by atoms with van der Waals surface area (Å²) in [5.74, 6) is -1.41. The summed E-state index contributed by atoms with van der Waals surface area (Å²) in [5.41, 5.74) is 2.09. The summed E-state index contributed by atoms with van der Waals surface area (Å²) >= 11 is 0. The van der Waals surface area contributed by atoms with Crippen molar-refractivity contribution in [3.63, 3.8) is 0 Å². The molecule has 1 amide bonds. The monoisotopic (exact) mass is 237 g/mol. The van der Waals surface area contributed by atoms with Gasteiger partial charge in [-0.15, -0.1) is 0 Å². The molecule has 0 spiro atoms. The van der Waals surface area contributed by atoms with Gasteiger partial charge < -0.3 is 15.1 Å². The zero-order valence-corrected chi connectivity index (χ0v) is 8.79. The van der Waals surface area contributed by atoms with Crippen molar-refractivity contribution in [2.75, 3.05) is 0 Å². The van der Waals surface area contributed by atoms with Crippen LogP contribution in [0, 0.1) is 0 Å². The molecule has 0 aromatic heterocycles. The van der Waals surface area contributed by atoms with Crippen molar-refractivity contribution in [1.82, 2.24) is 5.48 Å². The Hall–Kier alpha value is -2.50. The van der Waals surface area contributed by atoms with Gasteiger partial charge in [-0.1, -0.05) is 12.1 Å². The van der Waals surface area contributed by atoms with Gasteiger partial charge in [-0.05, 0) is 18.2 Å². The third kappa shape index (κ3) is 4.25. The maximum atomic E-state index is 10.3. The highest BCUT2D eigenvalue weighted by Crippen LogP contribution is 2.14. The molecule has 3 N–H and O–H groups in total. The van der Waals surface area contributed by atoms with Crippen LogP contribution in [0.4, 0.5) is 0 Å². The van der Waals surface area contributed by atoms with E-state index in [1.165, 1.54) is 18.4 Å². The Balaban J connectivity index is 0.000000181. The molecule has 2 rings (SSSR count). The summed E-state index contributed by atoms with van der Waals surface area (Å²) in [5, 5.41) is 17.3. The molecular formula is C11H11NO5. The topological polar surface area (TPSA) is 95.9 Å². The molecule has 90 valence electrons. The van der Waals surface area contributed by atoms with Crippen molar-refractivity contribution >= 4 is 11.9 Å². The van der Waals surface area contributed by atoms with Crippen LogP contribution in [0.3, 0.4) is 0 Å². The first-order valence-corrected chi connectivity index (χ1v) is 4.72. The highest BCUT2D eigenvalue weighted by Gasteiger charge is 2.05. The fraction of sp³-hybridized carbons (Fsp3) is 0.0909. The van der Waals surface area contributed by atoms with Crippen LogP contribution < -0.4 is 5.48 Å². The number of aromatic hydroxyl groups is 1. The highest BCUT2D eigenvalue weighted by atomic mass is 16.6. The van der Waals surface area contributed by atoms with Crippen LogP contribution in [0.25, 0.3) is 0 Å². The Morgan fingerprint density at radius 2 is 2.06 bits per heavy atom. The van der Waals surface area contributed by atoms with Gasteiger partial charge in [0, 0.05) is 0 Å². The summed E-state index contributed by atoms with van der Waals surface area (Å²) < 4.78 is 0. The zero-order chi connectivity index (χ0) is 12.7. The minimum absolute atomic E-state index is 0.0671. The third-order valence-corrected chi connectivity index (χ3v) is 1.77. The lowest BCUT2D eigenvalue weighted by atomic mass is 10.2. The molecule has 1 aliphatic rings. The lowest BCUT2D eigenvalue weighted by molar-refractivity contribution is -0.130. The highest BCUT2D eigenvalue weighted by molar-refractivity contribution is 5.90. The number of para-hydroxylation sites is 1. The van der Waals surface area contributed by atoms with E-state index in [1.807, 2.05) is 0 Å². The van der Waals surface area contributed by atoms with Crippen LogP contribution in [-0.4, -0.2) is 22.1 Å². The molecule has 0 saturated heterocycles. The van der Waals surface area contributed by atoms with Crippen LogP contribution in [0.1, 0.15) is 16.8 Å². The van der Waals surface area contributed by atoms with Gasteiger partial charge >= 0.3 is 5.97 Å². The number of phenols is 1. The van der Waals surface area contributed by atoms with Crippen LogP contribution in [0.15, 0.2) is 36.6 Å². The first-order chi connectivity index (χ1) is 8.11. The number of hydroxylamine groups is 1.